The van der Waals surface area contributed by atoms with Crippen LogP contribution in [0.1, 0.15) is 103 Å². The van der Waals surface area contributed by atoms with Crippen LogP contribution in [0.15, 0.2) is 53.5 Å². The van der Waals surface area contributed by atoms with E-state index in [1.807, 2.05) is 37.5 Å². The summed E-state index contributed by atoms with van der Waals surface area (Å²) in [5.74, 6) is 1.61. The van der Waals surface area contributed by atoms with Crippen LogP contribution in [-0.4, -0.2) is 25.3 Å². The first-order valence-corrected chi connectivity index (χ1v) is 14.7. The predicted octanol–water partition coefficient (Wildman–Crippen LogP) is 9.15. The Labute approximate surface area is 223 Å². The van der Waals surface area contributed by atoms with Crippen molar-refractivity contribution in [2.45, 2.75) is 103 Å². The standard InChI is InChI=1S/C32H45N5/c1-3-4-5-6-7-8-9-10-11-12-13-14-15-20-25-37-30-24-19-17-22-28(30)35-32(37)33-26-31-34-27-21-16-18-23-29(27)36(31)2/h16-19,21-24,26H,3-15,20,25H2,1-2H3. The van der Waals surface area contributed by atoms with Gasteiger partial charge < -0.3 is 9.13 Å². The average molecular weight is 500 g/mol. The van der Waals surface area contributed by atoms with Crippen molar-refractivity contribution in [3.8, 4) is 0 Å². The first-order valence-electron chi connectivity index (χ1n) is 14.7. The Balaban J connectivity index is 1.22. The number of hydrogen-bond acceptors (Lipinski definition) is 3. The number of para-hydroxylation sites is 4. The molecule has 0 spiro atoms. The second-order valence-electron chi connectivity index (χ2n) is 10.4. The SMILES string of the molecule is CCCCCCCCCCCCCCCCn1c(N=Cc2nc3ccccc3n2C)nc2ccccc21. The summed E-state index contributed by atoms with van der Waals surface area (Å²) < 4.78 is 4.36. The van der Waals surface area contributed by atoms with Gasteiger partial charge in [-0.05, 0) is 30.7 Å². The summed E-state index contributed by atoms with van der Waals surface area (Å²) in [7, 11) is 2.04. The minimum Gasteiger partial charge on any atom is -0.326 e. The Bertz CT molecular complexity index is 1250. The summed E-state index contributed by atoms with van der Waals surface area (Å²) >= 11 is 0. The fraction of sp³-hybridized carbons (Fsp3) is 0.531. The molecule has 0 atom stereocenters. The van der Waals surface area contributed by atoms with E-state index in [2.05, 4.69) is 40.3 Å². The minimum atomic E-state index is 0.767. The van der Waals surface area contributed by atoms with Crippen LogP contribution in [-0.2, 0) is 13.6 Å². The Morgan fingerprint density at radius 1 is 0.649 bits per heavy atom. The highest BCUT2D eigenvalue weighted by Crippen LogP contribution is 2.23. The third kappa shape index (κ3) is 7.77. The molecule has 0 unspecified atom stereocenters. The molecule has 0 N–H and O–H groups in total. The van der Waals surface area contributed by atoms with Gasteiger partial charge in [0.25, 0.3) is 0 Å². The summed E-state index contributed by atoms with van der Waals surface area (Å²) in [6, 6.07) is 16.6. The van der Waals surface area contributed by atoms with Gasteiger partial charge in [0, 0.05) is 13.6 Å². The maximum atomic E-state index is 4.82. The third-order valence-electron chi connectivity index (χ3n) is 7.49. The molecule has 0 aliphatic rings. The summed E-state index contributed by atoms with van der Waals surface area (Å²) in [5, 5.41) is 0. The largest absolute Gasteiger partial charge is 0.326 e. The zero-order chi connectivity index (χ0) is 25.7. The summed E-state index contributed by atoms with van der Waals surface area (Å²) in [6.45, 7) is 3.24. The van der Waals surface area contributed by atoms with Crippen molar-refractivity contribution in [1.29, 1.82) is 0 Å². The number of hydrogen-bond donors (Lipinski definition) is 0. The average Bonchev–Trinajstić information content (AvgIpc) is 3.44. The zero-order valence-electron chi connectivity index (χ0n) is 23.0. The lowest BCUT2D eigenvalue weighted by molar-refractivity contribution is 0.526. The number of aromatic nitrogens is 4. The number of nitrogens with zero attached hydrogens (tertiary/aromatic N) is 5. The first-order chi connectivity index (χ1) is 18.3. The monoisotopic (exact) mass is 499 g/mol. The van der Waals surface area contributed by atoms with E-state index in [4.69, 9.17) is 15.0 Å². The molecule has 0 aliphatic carbocycles. The summed E-state index contributed by atoms with van der Waals surface area (Å²) in [4.78, 5) is 14.4. The molecule has 2 heterocycles. The number of benzene rings is 2. The molecular weight excluding hydrogens is 454 g/mol. The Morgan fingerprint density at radius 3 is 1.76 bits per heavy atom. The molecule has 0 radical (unpaired) electrons. The lowest BCUT2D eigenvalue weighted by atomic mass is 10.0. The van der Waals surface area contributed by atoms with E-state index in [-0.39, 0.29) is 0 Å². The Kier molecular flexibility index (Phi) is 10.8. The number of rotatable bonds is 17. The molecule has 2 aromatic heterocycles. The fourth-order valence-electron chi connectivity index (χ4n) is 5.24. The van der Waals surface area contributed by atoms with Crippen molar-refractivity contribution in [3.63, 3.8) is 0 Å². The van der Waals surface area contributed by atoms with E-state index in [1.165, 1.54) is 83.5 Å². The van der Waals surface area contributed by atoms with Crippen molar-refractivity contribution >= 4 is 34.2 Å². The van der Waals surface area contributed by atoms with Crippen molar-refractivity contribution in [3.05, 3.63) is 54.4 Å². The second kappa shape index (κ2) is 14.7. The van der Waals surface area contributed by atoms with Crippen molar-refractivity contribution in [1.82, 2.24) is 19.1 Å². The van der Waals surface area contributed by atoms with Crippen molar-refractivity contribution in [2.24, 2.45) is 12.0 Å². The zero-order valence-corrected chi connectivity index (χ0v) is 23.0. The second-order valence-corrected chi connectivity index (χ2v) is 10.4. The van der Waals surface area contributed by atoms with Gasteiger partial charge in [-0.1, -0.05) is 115 Å². The van der Waals surface area contributed by atoms with Crippen LogP contribution in [0.3, 0.4) is 0 Å². The molecule has 5 heteroatoms. The van der Waals surface area contributed by atoms with Gasteiger partial charge in [-0.2, -0.15) is 0 Å². The Morgan fingerprint density at radius 2 is 1.16 bits per heavy atom. The van der Waals surface area contributed by atoms with E-state index in [9.17, 15) is 0 Å². The minimum absolute atomic E-state index is 0.767. The number of unbranched alkanes of at least 4 members (excludes halogenated alkanes) is 13. The highest BCUT2D eigenvalue weighted by atomic mass is 15.2. The molecule has 37 heavy (non-hydrogen) atoms. The van der Waals surface area contributed by atoms with E-state index in [0.717, 1.165) is 46.8 Å². The lowest BCUT2D eigenvalue weighted by Crippen LogP contribution is -1.99. The maximum Gasteiger partial charge on any atom is 0.230 e. The molecule has 0 aliphatic heterocycles. The van der Waals surface area contributed by atoms with E-state index < -0.39 is 0 Å². The topological polar surface area (TPSA) is 48.0 Å². The van der Waals surface area contributed by atoms with Crippen molar-refractivity contribution < 1.29 is 0 Å². The molecule has 0 saturated carbocycles. The maximum absolute atomic E-state index is 4.82. The first kappa shape index (κ1) is 27.1. The van der Waals surface area contributed by atoms with E-state index in [0.29, 0.717) is 0 Å². The van der Waals surface area contributed by atoms with Gasteiger partial charge in [-0.25, -0.2) is 15.0 Å². The van der Waals surface area contributed by atoms with Gasteiger partial charge in [-0.3, -0.25) is 0 Å². The number of imidazole rings is 2. The van der Waals surface area contributed by atoms with Crippen LogP contribution in [0.25, 0.3) is 22.1 Å². The van der Waals surface area contributed by atoms with Crippen LogP contribution >= 0.6 is 0 Å². The van der Waals surface area contributed by atoms with Gasteiger partial charge in [-0.15, -0.1) is 0 Å². The normalized spacial score (nSPS) is 11.9. The van der Waals surface area contributed by atoms with Crippen LogP contribution in [0.4, 0.5) is 5.95 Å². The molecular formula is C32H45N5. The molecule has 0 saturated heterocycles. The molecule has 4 rings (SSSR count). The highest BCUT2D eigenvalue weighted by molar-refractivity contribution is 5.86. The molecule has 0 amide bonds. The summed E-state index contributed by atoms with van der Waals surface area (Å²) in [5.41, 5.74) is 4.27. The van der Waals surface area contributed by atoms with Gasteiger partial charge in [0.1, 0.15) is 0 Å². The number of fused-ring (bicyclic) bond motifs is 2. The molecule has 2 aromatic carbocycles. The fourth-order valence-corrected chi connectivity index (χ4v) is 5.24. The van der Waals surface area contributed by atoms with Crippen molar-refractivity contribution in [2.75, 3.05) is 0 Å². The molecule has 0 fully saturated rings. The van der Waals surface area contributed by atoms with Crippen LogP contribution < -0.4 is 0 Å². The predicted molar refractivity (Wildman–Crippen MR) is 158 cm³/mol. The Hall–Kier alpha value is -2.95. The summed E-state index contributed by atoms with van der Waals surface area (Å²) in [6.07, 6.45) is 21.1. The lowest BCUT2D eigenvalue weighted by Gasteiger charge is -2.07. The van der Waals surface area contributed by atoms with Crippen LogP contribution in [0.2, 0.25) is 0 Å². The molecule has 198 valence electrons. The van der Waals surface area contributed by atoms with Gasteiger partial charge in [0.15, 0.2) is 5.82 Å². The van der Waals surface area contributed by atoms with Gasteiger partial charge >= 0.3 is 0 Å². The molecule has 0 bridgehead atoms. The molecule has 4 aromatic rings. The van der Waals surface area contributed by atoms with Gasteiger partial charge in [0.05, 0.1) is 28.3 Å². The van der Waals surface area contributed by atoms with E-state index in [1.54, 1.807) is 0 Å². The highest BCUT2D eigenvalue weighted by Gasteiger charge is 2.10. The third-order valence-corrected chi connectivity index (χ3v) is 7.49. The number of aryl methyl sites for hydroxylation is 2. The molecule has 5 nitrogen and oxygen atoms in total. The van der Waals surface area contributed by atoms with Crippen LogP contribution in [0.5, 0.6) is 0 Å². The van der Waals surface area contributed by atoms with Gasteiger partial charge in [0.2, 0.25) is 5.95 Å². The smallest absolute Gasteiger partial charge is 0.230 e. The number of aliphatic imine (C=N–C) groups is 1. The quantitative estimate of drug-likeness (QED) is 0.107. The van der Waals surface area contributed by atoms with E-state index >= 15 is 0 Å². The van der Waals surface area contributed by atoms with Crippen LogP contribution in [0, 0.1) is 0 Å².